The van der Waals surface area contributed by atoms with Gasteiger partial charge in [-0.2, -0.15) is 0 Å². The predicted molar refractivity (Wildman–Crippen MR) is 71.6 cm³/mol. The molecule has 3 rings (SSSR count). The largest absolute Gasteiger partial charge is 0.488 e. The maximum absolute atomic E-state index is 6.08. The van der Waals surface area contributed by atoms with Crippen molar-refractivity contribution in [1.82, 2.24) is 10.3 Å². The molecule has 1 N–H and O–H groups in total. The number of pyridine rings is 1. The molecular formula is C15H16N2O. The average molecular weight is 240 g/mol. The van der Waals surface area contributed by atoms with Crippen molar-refractivity contribution in [3.8, 4) is 16.9 Å². The minimum Gasteiger partial charge on any atom is -0.488 e. The number of rotatable bonds is 3. The van der Waals surface area contributed by atoms with Crippen molar-refractivity contribution in [2.24, 2.45) is 0 Å². The molecule has 1 unspecified atom stereocenters. The van der Waals surface area contributed by atoms with E-state index < -0.39 is 0 Å². The Kier molecular flexibility index (Phi) is 3.24. The summed E-state index contributed by atoms with van der Waals surface area (Å²) in [6.07, 6.45) is 4.98. The molecule has 2 heterocycles. The zero-order valence-corrected chi connectivity index (χ0v) is 10.2. The quantitative estimate of drug-likeness (QED) is 0.895. The fourth-order valence-corrected chi connectivity index (χ4v) is 2.25. The van der Waals surface area contributed by atoms with Gasteiger partial charge in [-0.05, 0) is 36.7 Å². The monoisotopic (exact) mass is 240 g/mol. The summed E-state index contributed by atoms with van der Waals surface area (Å²) >= 11 is 0. The second-order valence-electron chi connectivity index (χ2n) is 4.46. The van der Waals surface area contributed by atoms with Gasteiger partial charge < -0.3 is 10.1 Å². The SMILES string of the molecule is c1ccc(-c2ccncc2)c(OC2CCNC2)c1. The fourth-order valence-electron chi connectivity index (χ4n) is 2.25. The van der Waals surface area contributed by atoms with Gasteiger partial charge >= 0.3 is 0 Å². The Morgan fingerprint density at radius 2 is 1.94 bits per heavy atom. The van der Waals surface area contributed by atoms with E-state index in [1.807, 2.05) is 42.7 Å². The summed E-state index contributed by atoms with van der Waals surface area (Å²) in [6.45, 7) is 1.98. The van der Waals surface area contributed by atoms with Crippen LogP contribution in [0, 0.1) is 0 Å². The van der Waals surface area contributed by atoms with Gasteiger partial charge in [-0.3, -0.25) is 4.98 Å². The first-order valence-corrected chi connectivity index (χ1v) is 6.30. The third-order valence-electron chi connectivity index (χ3n) is 3.19. The number of benzene rings is 1. The van der Waals surface area contributed by atoms with Gasteiger partial charge in [0, 0.05) is 24.5 Å². The molecule has 1 saturated heterocycles. The van der Waals surface area contributed by atoms with Crippen LogP contribution in [-0.2, 0) is 0 Å². The van der Waals surface area contributed by atoms with E-state index in [1.165, 1.54) is 0 Å². The molecule has 0 saturated carbocycles. The van der Waals surface area contributed by atoms with E-state index in [1.54, 1.807) is 0 Å². The van der Waals surface area contributed by atoms with E-state index in [-0.39, 0.29) is 6.10 Å². The molecule has 3 nitrogen and oxygen atoms in total. The van der Waals surface area contributed by atoms with Gasteiger partial charge in [0.25, 0.3) is 0 Å². The molecule has 0 aliphatic carbocycles. The van der Waals surface area contributed by atoms with E-state index in [2.05, 4.69) is 16.4 Å². The van der Waals surface area contributed by atoms with Crippen LogP contribution in [0.25, 0.3) is 11.1 Å². The first-order valence-electron chi connectivity index (χ1n) is 6.30. The van der Waals surface area contributed by atoms with Crippen molar-refractivity contribution in [2.45, 2.75) is 12.5 Å². The van der Waals surface area contributed by atoms with E-state index in [9.17, 15) is 0 Å². The molecule has 1 aliphatic heterocycles. The Labute approximate surface area is 107 Å². The van der Waals surface area contributed by atoms with E-state index in [0.29, 0.717) is 0 Å². The van der Waals surface area contributed by atoms with Crippen molar-refractivity contribution in [3.05, 3.63) is 48.8 Å². The molecule has 18 heavy (non-hydrogen) atoms. The van der Waals surface area contributed by atoms with Crippen molar-refractivity contribution >= 4 is 0 Å². The minimum absolute atomic E-state index is 0.285. The summed E-state index contributed by atoms with van der Waals surface area (Å²) in [5, 5.41) is 3.32. The molecule has 0 spiro atoms. The fraction of sp³-hybridized carbons (Fsp3) is 0.267. The van der Waals surface area contributed by atoms with Gasteiger partial charge in [0.1, 0.15) is 11.9 Å². The predicted octanol–water partition coefficient (Wildman–Crippen LogP) is 2.49. The van der Waals surface area contributed by atoms with Gasteiger partial charge in [-0.1, -0.05) is 18.2 Å². The Bertz CT molecular complexity index is 507. The third-order valence-corrected chi connectivity index (χ3v) is 3.19. The van der Waals surface area contributed by atoms with Gasteiger partial charge in [0.15, 0.2) is 0 Å². The van der Waals surface area contributed by atoms with Crippen molar-refractivity contribution in [3.63, 3.8) is 0 Å². The number of hydrogen-bond donors (Lipinski definition) is 1. The van der Waals surface area contributed by atoms with Gasteiger partial charge in [-0.25, -0.2) is 0 Å². The zero-order valence-electron chi connectivity index (χ0n) is 10.2. The molecular weight excluding hydrogens is 224 g/mol. The van der Waals surface area contributed by atoms with Gasteiger partial charge in [0.05, 0.1) is 0 Å². The lowest BCUT2D eigenvalue weighted by Gasteiger charge is -2.16. The average Bonchev–Trinajstić information content (AvgIpc) is 2.93. The first-order chi connectivity index (χ1) is 8.93. The van der Waals surface area contributed by atoms with Crippen LogP contribution >= 0.6 is 0 Å². The highest BCUT2D eigenvalue weighted by Crippen LogP contribution is 2.30. The van der Waals surface area contributed by atoms with Crippen LogP contribution in [-0.4, -0.2) is 24.2 Å². The van der Waals surface area contributed by atoms with Crippen LogP contribution in [0.3, 0.4) is 0 Å². The van der Waals surface area contributed by atoms with Crippen LogP contribution in [0.2, 0.25) is 0 Å². The number of aromatic nitrogens is 1. The maximum Gasteiger partial charge on any atom is 0.127 e. The van der Waals surface area contributed by atoms with E-state index in [4.69, 9.17) is 4.74 Å². The summed E-state index contributed by atoms with van der Waals surface area (Å²) in [4.78, 5) is 4.05. The molecule has 2 aromatic rings. The number of hydrogen-bond acceptors (Lipinski definition) is 3. The normalized spacial score (nSPS) is 18.8. The van der Waals surface area contributed by atoms with Crippen LogP contribution < -0.4 is 10.1 Å². The van der Waals surface area contributed by atoms with E-state index >= 15 is 0 Å². The smallest absolute Gasteiger partial charge is 0.127 e. The minimum atomic E-state index is 0.285. The second-order valence-corrected chi connectivity index (χ2v) is 4.46. The second kappa shape index (κ2) is 5.19. The summed E-state index contributed by atoms with van der Waals surface area (Å²) < 4.78 is 6.08. The lowest BCUT2D eigenvalue weighted by Crippen LogP contribution is -2.19. The van der Waals surface area contributed by atoms with Crippen LogP contribution in [0.5, 0.6) is 5.75 Å². The first kappa shape index (κ1) is 11.2. The highest BCUT2D eigenvalue weighted by molar-refractivity contribution is 5.69. The number of para-hydroxylation sites is 1. The number of nitrogens with zero attached hydrogens (tertiary/aromatic N) is 1. The van der Waals surface area contributed by atoms with E-state index in [0.717, 1.165) is 36.4 Å². The molecule has 0 radical (unpaired) electrons. The highest BCUT2D eigenvalue weighted by Gasteiger charge is 2.17. The lowest BCUT2D eigenvalue weighted by molar-refractivity contribution is 0.224. The number of nitrogens with one attached hydrogen (secondary N) is 1. The summed E-state index contributed by atoms with van der Waals surface area (Å²) in [6, 6.07) is 12.2. The summed E-state index contributed by atoms with van der Waals surface area (Å²) in [5.74, 6) is 0.956. The topological polar surface area (TPSA) is 34.1 Å². The Balaban J connectivity index is 1.90. The molecule has 92 valence electrons. The van der Waals surface area contributed by atoms with Gasteiger partial charge in [-0.15, -0.1) is 0 Å². The van der Waals surface area contributed by atoms with Crippen molar-refractivity contribution < 1.29 is 4.74 Å². The molecule has 1 aromatic carbocycles. The lowest BCUT2D eigenvalue weighted by atomic mass is 10.1. The molecule has 0 bridgehead atoms. The van der Waals surface area contributed by atoms with Crippen molar-refractivity contribution in [2.75, 3.05) is 13.1 Å². The molecule has 0 amide bonds. The van der Waals surface area contributed by atoms with Crippen LogP contribution in [0.15, 0.2) is 48.8 Å². The van der Waals surface area contributed by atoms with Crippen LogP contribution in [0.4, 0.5) is 0 Å². The molecule has 1 atom stereocenters. The van der Waals surface area contributed by atoms with Crippen molar-refractivity contribution in [1.29, 1.82) is 0 Å². The standard InChI is InChI=1S/C15H16N2O/c1-2-4-15(18-13-7-10-17-11-13)14(3-1)12-5-8-16-9-6-12/h1-6,8-9,13,17H,7,10-11H2. The molecule has 1 fully saturated rings. The third kappa shape index (κ3) is 2.36. The summed E-state index contributed by atoms with van der Waals surface area (Å²) in [7, 11) is 0. The van der Waals surface area contributed by atoms with Crippen LogP contribution in [0.1, 0.15) is 6.42 Å². The zero-order chi connectivity index (χ0) is 12.2. The molecule has 3 heteroatoms. The maximum atomic E-state index is 6.08. The summed E-state index contributed by atoms with van der Waals surface area (Å²) in [5.41, 5.74) is 2.28. The number of ether oxygens (including phenoxy) is 1. The Hall–Kier alpha value is -1.87. The van der Waals surface area contributed by atoms with Gasteiger partial charge in [0.2, 0.25) is 0 Å². The molecule has 1 aliphatic rings. The Morgan fingerprint density at radius 1 is 1.11 bits per heavy atom. The highest BCUT2D eigenvalue weighted by atomic mass is 16.5. The Morgan fingerprint density at radius 3 is 2.72 bits per heavy atom. The molecule has 1 aromatic heterocycles.